The molecule has 0 atom stereocenters. The van der Waals surface area contributed by atoms with Crippen LogP contribution in [0.15, 0.2) is 12.1 Å². The van der Waals surface area contributed by atoms with E-state index in [0.29, 0.717) is 5.75 Å². The largest absolute Gasteiger partial charge is 0.507 e. The smallest absolute Gasteiger partial charge is 0.270 e. The number of benzene rings is 1. The molecule has 0 aromatic heterocycles. The molecule has 2 fully saturated rings. The highest BCUT2D eigenvalue weighted by atomic mass is 16.6. The van der Waals surface area contributed by atoms with E-state index in [1.807, 2.05) is 0 Å². The number of hydrogen-bond donors (Lipinski definition) is 1. The average molecular weight is 303 g/mol. The van der Waals surface area contributed by atoms with Crippen LogP contribution < -0.4 is 0 Å². The molecule has 0 spiro atoms. The van der Waals surface area contributed by atoms with Crippen molar-refractivity contribution in [2.45, 2.75) is 76.0 Å². The zero-order chi connectivity index (χ0) is 15.5. The minimum Gasteiger partial charge on any atom is -0.507 e. The summed E-state index contributed by atoms with van der Waals surface area (Å²) in [5.74, 6) is 0.927. The van der Waals surface area contributed by atoms with E-state index < -0.39 is 0 Å². The second-order valence-corrected chi connectivity index (χ2v) is 6.90. The third kappa shape index (κ3) is 3.11. The Hall–Kier alpha value is -1.58. The number of phenolic OH excluding ortho intramolecular Hbond substituents is 1. The van der Waals surface area contributed by atoms with Gasteiger partial charge in [-0.15, -0.1) is 0 Å². The summed E-state index contributed by atoms with van der Waals surface area (Å²) in [6, 6.07) is 3.25. The number of aromatic hydroxyl groups is 1. The first kappa shape index (κ1) is 15.3. The zero-order valence-corrected chi connectivity index (χ0v) is 13.1. The lowest BCUT2D eigenvalue weighted by molar-refractivity contribution is -0.385. The number of rotatable bonds is 3. The Kier molecular flexibility index (Phi) is 4.65. The number of non-ortho nitro benzene ring substituents is 1. The molecule has 0 aliphatic heterocycles. The number of nitro benzene ring substituents is 1. The van der Waals surface area contributed by atoms with Crippen LogP contribution in [0.25, 0.3) is 0 Å². The standard InChI is InChI=1S/C18H25NO3/c20-18-16(13-7-3-1-4-8-13)11-15(19(21)22)12-17(18)14-9-5-2-6-10-14/h11-14,20H,1-10H2. The first-order valence-corrected chi connectivity index (χ1v) is 8.68. The Labute approximate surface area is 131 Å². The van der Waals surface area contributed by atoms with Crippen LogP contribution in [0.3, 0.4) is 0 Å². The molecule has 0 saturated heterocycles. The van der Waals surface area contributed by atoms with Crippen LogP contribution in [0.2, 0.25) is 0 Å². The molecular formula is C18H25NO3. The van der Waals surface area contributed by atoms with Gasteiger partial charge in [0.25, 0.3) is 5.69 Å². The fourth-order valence-electron chi connectivity index (χ4n) is 4.22. The molecule has 0 heterocycles. The molecule has 0 unspecified atom stereocenters. The lowest BCUT2D eigenvalue weighted by atomic mass is 9.79. The molecule has 1 N–H and O–H groups in total. The van der Waals surface area contributed by atoms with E-state index in [-0.39, 0.29) is 22.4 Å². The fraction of sp³-hybridized carbons (Fsp3) is 0.667. The van der Waals surface area contributed by atoms with E-state index in [1.165, 1.54) is 12.8 Å². The van der Waals surface area contributed by atoms with Crippen LogP contribution in [0.1, 0.15) is 87.2 Å². The van der Waals surface area contributed by atoms with Crippen molar-refractivity contribution in [3.63, 3.8) is 0 Å². The Balaban J connectivity index is 2.00. The molecule has 4 nitrogen and oxygen atoms in total. The summed E-state index contributed by atoms with van der Waals surface area (Å²) >= 11 is 0. The van der Waals surface area contributed by atoms with E-state index in [2.05, 4.69) is 0 Å². The van der Waals surface area contributed by atoms with Gasteiger partial charge in [0, 0.05) is 23.3 Å². The third-order valence-corrected chi connectivity index (χ3v) is 5.45. The SMILES string of the molecule is O=[N+]([O-])c1cc(C2CCCCC2)c(O)c(C2CCCCC2)c1. The monoisotopic (exact) mass is 303 g/mol. The Morgan fingerprint density at radius 3 is 1.64 bits per heavy atom. The minimum atomic E-state index is -0.307. The molecule has 0 amide bonds. The van der Waals surface area contributed by atoms with Gasteiger partial charge in [-0.3, -0.25) is 10.1 Å². The highest BCUT2D eigenvalue weighted by Crippen LogP contribution is 2.45. The predicted octanol–water partition coefficient (Wildman–Crippen LogP) is 5.40. The van der Waals surface area contributed by atoms with Gasteiger partial charge in [0.1, 0.15) is 5.75 Å². The Bertz CT molecular complexity index is 504. The zero-order valence-electron chi connectivity index (χ0n) is 13.1. The number of nitro groups is 1. The van der Waals surface area contributed by atoms with Gasteiger partial charge in [-0.25, -0.2) is 0 Å². The van der Waals surface area contributed by atoms with Crippen molar-refractivity contribution in [3.05, 3.63) is 33.4 Å². The topological polar surface area (TPSA) is 63.4 Å². The van der Waals surface area contributed by atoms with Gasteiger partial charge in [0.05, 0.1) is 4.92 Å². The highest BCUT2D eigenvalue weighted by molar-refractivity contribution is 5.52. The lowest BCUT2D eigenvalue weighted by Crippen LogP contribution is -2.10. The molecule has 1 aromatic carbocycles. The number of nitrogens with zero attached hydrogens (tertiary/aromatic N) is 1. The van der Waals surface area contributed by atoms with Gasteiger partial charge < -0.3 is 5.11 Å². The van der Waals surface area contributed by atoms with Crippen molar-refractivity contribution in [1.29, 1.82) is 0 Å². The first-order valence-electron chi connectivity index (χ1n) is 8.68. The maximum atomic E-state index is 11.3. The number of phenols is 1. The van der Waals surface area contributed by atoms with E-state index in [0.717, 1.165) is 62.5 Å². The summed E-state index contributed by atoms with van der Waals surface area (Å²) in [4.78, 5) is 11.0. The quantitative estimate of drug-likeness (QED) is 0.601. The second kappa shape index (κ2) is 6.67. The van der Waals surface area contributed by atoms with E-state index in [4.69, 9.17) is 0 Å². The summed E-state index contributed by atoms with van der Waals surface area (Å²) in [7, 11) is 0. The molecule has 4 heteroatoms. The first-order chi connectivity index (χ1) is 10.7. The van der Waals surface area contributed by atoms with Crippen LogP contribution in [-0.2, 0) is 0 Å². The molecule has 3 rings (SSSR count). The van der Waals surface area contributed by atoms with Crippen LogP contribution in [0, 0.1) is 10.1 Å². The number of hydrogen-bond acceptors (Lipinski definition) is 3. The summed E-state index contributed by atoms with van der Waals surface area (Å²) in [5, 5.41) is 22.1. The third-order valence-electron chi connectivity index (χ3n) is 5.45. The van der Waals surface area contributed by atoms with Crippen LogP contribution in [0.5, 0.6) is 5.75 Å². The Morgan fingerprint density at radius 2 is 1.27 bits per heavy atom. The molecular weight excluding hydrogens is 278 g/mol. The summed E-state index contributed by atoms with van der Waals surface area (Å²) in [6.07, 6.45) is 11.3. The normalized spacial score (nSPS) is 20.9. The lowest BCUT2D eigenvalue weighted by Gasteiger charge is -2.27. The van der Waals surface area contributed by atoms with Crippen LogP contribution in [-0.4, -0.2) is 10.0 Å². The maximum Gasteiger partial charge on any atom is 0.270 e. The highest BCUT2D eigenvalue weighted by Gasteiger charge is 2.27. The molecule has 2 aliphatic carbocycles. The van der Waals surface area contributed by atoms with E-state index >= 15 is 0 Å². The van der Waals surface area contributed by atoms with Crippen molar-refractivity contribution >= 4 is 5.69 Å². The molecule has 1 aromatic rings. The molecule has 0 bridgehead atoms. The average Bonchev–Trinajstić information content (AvgIpc) is 2.56. The molecule has 2 aliphatic rings. The fourth-order valence-corrected chi connectivity index (χ4v) is 4.22. The van der Waals surface area contributed by atoms with Gasteiger partial charge in [0.15, 0.2) is 0 Å². The summed E-state index contributed by atoms with van der Waals surface area (Å²) in [5.41, 5.74) is 1.81. The molecule has 0 radical (unpaired) electrons. The van der Waals surface area contributed by atoms with Crippen molar-refractivity contribution in [2.24, 2.45) is 0 Å². The summed E-state index contributed by atoms with van der Waals surface area (Å²) in [6.45, 7) is 0. The minimum absolute atomic E-state index is 0.152. The molecule has 120 valence electrons. The Morgan fingerprint density at radius 1 is 0.864 bits per heavy atom. The molecule has 2 saturated carbocycles. The van der Waals surface area contributed by atoms with Crippen molar-refractivity contribution < 1.29 is 10.0 Å². The van der Waals surface area contributed by atoms with Gasteiger partial charge in [-0.1, -0.05) is 38.5 Å². The van der Waals surface area contributed by atoms with Gasteiger partial charge in [-0.2, -0.15) is 0 Å². The maximum absolute atomic E-state index is 11.3. The predicted molar refractivity (Wildman–Crippen MR) is 86.4 cm³/mol. The second-order valence-electron chi connectivity index (χ2n) is 6.90. The van der Waals surface area contributed by atoms with E-state index in [9.17, 15) is 15.2 Å². The van der Waals surface area contributed by atoms with Crippen molar-refractivity contribution in [3.8, 4) is 5.75 Å². The van der Waals surface area contributed by atoms with Crippen LogP contribution in [0.4, 0.5) is 5.69 Å². The van der Waals surface area contributed by atoms with Gasteiger partial charge in [0.2, 0.25) is 0 Å². The molecule has 22 heavy (non-hydrogen) atoms. The van der Waals surface area contributed by atoms with Crippen molar-refractivity contribution in [1.82, 2.24) is 0 Å². The van der Waals surface area contributed by atoms with Gasteiger partial charge in [-0.05, 0) is 37.5 Å². The van der Waals surface area contributed by atoms with Gasteiger partial charge >= 0.3 is 0 Å². The summed E-state index contributed by atoms with van der Waals surface area (Å²) < 4.78 is 0. The van der Waals surface area contributed by atoms with Crippen molar-refractivity contribution in [2.75, 3.05) is 0 Å². The van der Waals surface area contributed by atoms with E-state index in [1.54, 1.807) is 12.1 Å². The van der Waals surface area contributed by atoms with Crippen LogP contribution >= 0.6 is 0 Å².